The second kappa shape index (κ2) is 6.77. The van der Waals surface area contributed by atoms with Crippen molar-refractivity contribution in [1.29, 1.82) is 0 Å². The quantitative estimate of drug-likeness (QED) is 0.556. The van der Waals surface area contributed by atoms with Crippen molar-refractivity contribution in [3.05, 3.63) is 69.5 Å². The minimum absolute atomic E-state index is 0.0414. The van der Waals surface area contributed by atoms with Gasteiger partial charge >= 0.3 is 5.76 Å². The molecule has 0 aliphatic heterocycles. The van der Waals surface area contributed by atoms with Gasteiger partial charge in [-0.25, -0.2) is 9.78 Å². The number of aromatic nitrogens is 2. The molecule has 7 nitrogen and oxygen atoms in total. The van der Waals surface area contributed by atoms with Crippen LogP contribution in [-0.4, -0.2) is 15.9 Å². The van der Waals surface area contributed by atoms with E-state index in [0.29, 0.717) is 44.7 Å². The molecule has 0 bridgehead atoms. The first-order valence-electron chi connectivity index (χ1n) is 8.13. The largest absolute Gasteiger partial charge is 0.441 e. The topological polar surface area (TPSA) is 101 Å². The van der Waals surface area contributed by atoms with Gasteiger partial charge in [0.2, 0.25) is 11.8 Å². The molecule has 0 radical (unpaired) electrons. The van der Waals surface area contributed by atoms with Crippen LogP contribution in [-0.2, 0) is 11.2 Å². The SMILES string of the molecule is Cc1oc(-c2ccccc2Cl)nc1CC(=O)Nc1ccc2oc(=O)[nH]c2c1. The summed E-state index contributed by atoms with van der Waals surface area (Å²) in [7, 11) is 0. The van der Waals surface area contributed by atoms with E-state index in [1.807, 2.05) is 12.1 Å². The zero-order chi connectivity index (χ0) is 19.0. The molecule has 2 aromatic heterocycles. The average molecular weight is 384 g/mol. The number of hydrogen-bond donors (Lipinski definition) is 2. The van der Waals surface area contributed by atoms with Crippen LogP contribution in [0.2, 0.25) is 5.02 Å². The first kappa shape index (κ1) is 17.1. The fourth-order valence-electron chi connectivity index (χ4n) is 2.73. The fraction of sp³-hybridized carbons (Fsp3) is 0.105. The number of rotatable bonds is 4. The molecule has 2 aromatic carbocycles. The molecule has 1 amide bonds. The third-order valence-corrected chi connectivity index (χ3v) is 4.36. The third kappa shape index (κ3) is 3.50. The number of H-pyrrole nitrogens is 1. The minimum atomic E-state index is -0.543. The number of amides is 1. The molecule has 4 rings (SSSR count). The summed E-state index contributed by atoms with van der Waals surface area (Å²) in [5.74, 6) is 0.120. The lowest BCUT2D eigenvalue weighted by molar-refractivity contribution is -0.115. The molecule has 27 heavy (non-hydrogen) atoms. The second-order valence-electron chi connectivity index (χ2n) is 5.95. The van der Waals surface area contributed by atoms with Crippen LogP contribution < -0.4 is 11.1 Å². The standard InChI is InChI=1S/C19H14ClN3O4/c1-10-14(22-18(26-10)12-4-2-3-5-13(12)20)9-17(24)21-11-6-7-16-15(8-11)23-19(25)27-16/h2-8H,9H2,1H3,(H,21,24)(H,23,25). The Bertz CT molecular complexity index is 1210. The van der Waals surface area contributed by atoms with Gasteiger partial charge in [-0.15, -0.1) is 0 Å². The summed E-state index contributed by atoms with van der Waals surface area (Å²) in [5, 5.41) is 3.29. The van der Waals surface area contributed by atoms with Crippen molar-refractivity contribution < 1.29 is 13.6 Å². The Balaban J connectivity index is 1.52. The smallest absolute Gasteiger partial charge is 0.417 e. The molecule has 2 N–H and O–H groups in total. The van der Waals surface area contributed by atoms with E-state index in [1.54, 1.807) is 37.3 Å². The Labute approximate surface area is 158 Å². The summed E-state index contributed by atoms with van der Waals surface area (Å²) < 4.78 is 10.6. The van der Waals surface area contributed by atoms with Crippen LogP contribution in [0.15, 0.2) is 56.1 Å². The Morgan fingerprint density at radius 2 is 2.04 bits per heavy atom. The number of nitrogens with one attached hydrogen (secondary N) is 2. The van der Waals surface area contributed by atoms with E-state index in [2.05, 4.69) is 15.3 Å². The monoisotopic (exact) mass is 383 g/mol. The van der Waals surface area contributed by atoms with E-state index >= 15 is 0 Å². The number of carbonyl (C=O) groups excluding carboxylic acids is 1. The van der Waals surface area contributed by atoms with Gasteiger partial charge in [0.15, 0.2) is 5.58 Å². The summed E-state index contributed by atoms with van der Waals surface area (Å²) in [6.45, 7) is 1.75. The van der Waals surface area contributed by atoms with Gasteiger partial charge in [-0.05, 0) is 37.3 Å². The highest BCUT2D eigenvalue weighted by molar-refractivity contribution is 6.33. The van der Waals surface area contributed by atoms with Crippen molar-refractivity contribution in [2.45, 2.75) is 13.3 Å². The van der Waals surface area contributed by atoms with Gasteiger partial charge in [0.05, 0.1) is 28.2 Å². The van der Waals surface area contributed by atoms with E-state index < -0.39 is 5.76 Å². The molecule has 0 atom stereocenters. The number of nitrogens with zero attached hydrogens (tertiary/aromatic N) is 1. The molecule has 136 valence electrons. The molecule has 4 aromatic rings. The van der Waals surface area contributed by atoms with Crippen molar-refractivity contribution in [3.63, 3.8) is 0 Å². The lowest BCUT2D eigenvalue weighted by Crippen LogP contribution is -2.15. The molecule has 0 aliphatic carbocycles. The van der Waals surface area contributed by atoms with Gasteiger partial charge in [0.1, 0.15) is 5.76 Å². The maximum absolute atomic E-state index is 12.4. The Morgan fingerprint density at radius 1 is 1.22 bits per heavy atom. The number of carbonyl (C=O) groups is 1. The number of benzene rings is 2. The number of halogens is 1. The zero-order valence-electron chi connectivity index (χ0n) is 14.2. The average Bonchev–Trinajstić information content (AvgIpc) is 3.16. The van der Waals surface area contributed by atoms with Crippen LogP contribution in [0.4, 0.5) is 5.69 Å². The molecule has 0 aliphatic rings. The predicted octanol–water partition coefficient (Wildman–Crippen LogP) is 3.92. The number of oxazole rings is 2. The van der Waals surface area contributed by atoms with Gasteiger partial charge in [-0.1, -0.05) is 23.7 Å². The Hall–Kier alpha value is -3.32. The minimum Gasteiger partial charge on any atom is -0.441 e. The second-order valence-corrected chi connectivity index (χ2v) is 6.36. The molecule has 0 unspecified atom stereocenters. The molecule has 0 spiro atoms. The summed E-state index contributed by atoms with van der Waals surface area (Å²) in [5.41, 5.74) is 2.67. The summed E-state index contributed by atoms with van der Waals surface area (Å²) in [4.78, 5) is 30.5. The first-order valence-corrected chi connectivity index (χ1v) is 8.51. The maximum Gasteiger partial charge on any atom is 0.417 e. The molecular formula is C19H14ClN3O4. The van der Waals surface area contributed by atoms with Crippen LogP contribution >= 0.6 is 11.6 Å². The van der Waals surface area contributed by atoms with Gasteiger partial charge in [0, 0.05) is 5.69 Å². The fourth-order valence-corrected chi connectivity index (χ4v) is 2.95. The van der Waals surface area contributed by atoms with Crippen LogP contribution in [0.25, 0.3) is 22.6 Å². The highest BCUT2D eigenvalue weighted by Gasteiger charge is 2.16. The van der Waals surface area contributed by atoms with E-state index in [1.165, 1.54) is 0 Å². The van der Waals surface area contributed by atoms with Crippen LogP contribution in [0, 0.1) is 6.92 Å². The molecule has 0 saturated carbocycles. The van der Waals surface area contributed by atoms with Crippen LogP contribution in [0.1, 0.15) is 11.5 Å². The molecule has 0 saturated heterocycles. The highest BCUT2D eigenvalue weighted by atomic mass is 35.5. The zero-order valence-corrected chi connectivity index (χ0v) is 15.0. The van der Waals surface area contributed by atoms with E-state index in [0.717, 1.165) is 0 Å². The highest BCUT2D eigenvalue weighted by Crippen LogP contribution is 2.28. The number of hydrogen-bond acceptors (Lipinski definition) is 5. The van der Waals surface area contributed by atoms with E-state index in [4.69, 9.17) is 20.4 Å². The first-order chi connectivity index (χ1) is 13.0. The lowest BCUT2D eigenvalue weighted by atomic mass is 10.2. The Kier molecular flexibility index (Phi) is 4.29. The van der Waals surface area contributed by atoms with Crippen molar-refractivity contribution in [2.75, 3.05) is 5.32 Å². The maximum atomic E-state index is 12.4. The normalized spacial score (nSPS) is 11.0. The van der Waals surface area contributed by atoms with Gasteiger partial charge in [-0.3, -0.25) is 9.78 Å². The van der Waals surface area contributed by atoms with Crippen LogP contribution in [0.5, 0.6) is 0 Å². The molecular weight excluding hydrogens is 370 g/mol. The van der Waals surface area contributed by atoms with Crippen molar-refractivity contribution in [2.24, 2.45) is 0 Å². The van der Waals surface area contributed by atoms with Gasteiger partial charge in [0.25, 0.3) is 0 Å². The van der Waals surface area contributed by atoms with Crippen LogP contribution in [0.3, 0.4) is 0 Å². The third-order valence-electron chi connectivity index (χ3n) is 4.03. The van der Waals surface area contributed by atoms with Gasteiger partial charge < -0.3 is 14.2 Å². The molecule has 8 heteroatoms. The molecule has 2 heterocycles. The summed E-state index contributed by atoms with van der Waals surface area (Å²) >= 11 is 6.17. The number of fused-ring (bicyclic) bond motifs is 1. The van der Waals surface area contributed by atoms with Crippen molar-refractivity contribution >= 4 is 34.3 Å². The van der Waals surface area contributed by atoms with Crippen molar-refractivity contribution in [1.82, 2.24) is 9.97 Å². The van der Waals surface area contributed by atoms with Gasteiger partial charge in [-0.2, -0.15) is 0 Å². The number of aromatic amines is 1. The lowest BCUT2D eigenvalue weighted by Gasteiger charge is -2.03. The Morgan fingerprint density at radius 3 is 2.85 bits per heavy atom. The predicted molar refractivity (Wildman–Crippen MR) is 101 cm³/mol. The molecule has 0 fully saturated rings. The summed E-state index contributed by atoms with van der Waals surface area (Å²) in [6, 6.07) is 12.1. The van der Waals surface area contributed by atoms with E-state index in [9.17, 15) is 9.59 Å². The number of anilines is 1. The van der Waals surface area contributed by atoms with Crippen molar-refractivity contribution in [3.8, 4) is 11.5 Å². The summed E-state index contributed by atoms with van der Waals surface area (Å²) in [6.07, 6.45) is 0.0414. The van der Waals surface area contributed by atoms with E-state index in [-0.39, 0.29) is 12.3 Å². The number of aryl methyl sites for hydroxylation is 1.